The van der Waals surface area contributed by atoms with Crippen molar-refractivity contribution in [1.82, 2.24) is 24.4 Å². The minimum absolute atomic E-state index is 0.0221. The molecule has 4 aliphatic heterocycles. The minimum Gasteiger partial charge on any atom is -0.380 e. The third-order valence-corrected chi connectivity index (χ3v) is 11.8. The molecule has 0 radical (unpaired) electrons. The Morgan fingerprint density at radius 3 is 2.32 bits per heavy atom. The van der Waals surface area contributed by atoms with E-state index in [1.807, 2.05) is 0 Å². The summed E-state index contributed by atoms with van der Waals surface area (Å²) in [6.45, 7) is 2.50. The maximum atomic E-state index is 13.7. The molecule has 210 valence electrons. The van der Waals surface area contributed by atoms with Gasteiger partial charge in [-0.2, -0.15) is 17.0 Å². The van der Waals surface area contributed by atoms with Crippen molar-refractivity contribution in [2.45, 2.75) is 81.0 Å². The predicted molar refractivity (Wildman–Crippen MR) is 131 cm³/mol. The number of halogens is 2. The first-order valence-electron chi connectivity index (χ1n) is 13.9. The van der Waals surface area contributed by atoms with Gasteiger partial charge in [-0.15, -0.1) is 0 Å². The Bertz CT molecular complexity index is 1160. The first kappa shape index (κ1) is 25.3. The normalized spacial score (nSPS) is 38.7. The van der Waals surface area contributed by atoms with Gasteiger partial charge in [0.2, 0.25) is 0 Å². The van der Waals surface area contributed by atoms with Crippen molar-refractivity contribution in [3.8, 4) is 0 Å². The van der Waals surface area contributed by atoms with Crippen LogP contribution < -0.4 is 10.6 Å². The molecule has 1 aromatic rings. The van der Waals surface area contributed by atoms with Crippen LogP contribution in [0.2, 0.25) is 0 Å². The van der Waals surface area contributed by atoms with Gasteiger partial charge in [0.1, 0.15) is 5.76 Å². The molecule has 2 aliphatic carbocycles. The summed E-state index contributed by atoms with van der Waals surface area (Å²) in [5.74, 6) is -1.99. The number of hydrogen-bond donors (Lipinski definition) is 2. The second-order valence-electron chi connectivity index (χ2n) is 12.3. The summed E-state index contributed by atoms with van der Waals surface area (Å²) in [5.41, 5.74) is 0.247. The molecule has 6 aliphatic rings. The highest BCUT2D eigenvalue weighted by molar-refractivity contribution is 7.86. The lowest BCUT2D eigenvalue weighted by molar-refractivity contribution is -0.00228. The Labute approximate surface area is 221 Å². The number of aromatic nitrogens is 1. The number of nitrogens with zero attached hydrogens (tertiary/aromatic N) is 3. The van der Waals surface area contributed by atoms with Crippen molar-refractivity contribution < 1.29 is 31.3 Å². The van der Waals surface area contributed by atoms with Gasteiger partial charge in [-0.1, -0.05) is 5.16 Å². The molecule has 0 aromatic carbocycles. The average molecular weight is 556 g/mol. The maximum Gasteiger partial charge on any atom is 0.282 e. The van der Waals surface area contributed by atoms with Gasteiger partial charge in [0, 0.05) is 62.2 Å². The van der Waals surface area contributed by atoms with Crippen molar-refractivity contribution in [3.05, 3.63) is 17.5 Å². The monoisotopic (exact) mass is 555 g/mol. The number of carbonyl (C=O) groups is 1. The molecule has 3 unspecified atom stereocenters. The third kappa shape index (κ3) is 4.47. The summed E-state index contributed by atoms with van der Waals surface area (Å²) >= 11 is 0. The molecule has 4 saturated heterocycles. The lowest BCUT2D eigenvalue weighted by Crippen LogP contribution is -2.55. The lowest BCUT2D eigenvalue weighted by Gasteiger charge is -2.40. The van der Waals surface area contributed by atoms with Crippen LogP contribution in [0.5, 0.6) is 0 Å². The van der Waals surface area contributed by atoms with E-state index in [1.54, 1.807) is 14.7 Å². The van der Waals surface area contributed by atoms with Gasteiger partial charge in [-0.25, -0.2) is 8.78 Å². The van der Waals surface area contributed by atoms with E-state index in [0.29, 0.717) is 51.4 Å². The fourth-order valence-electron chi connectivity index (χ4n) is 7.42. The first-order chi connectivity index (χ1) is 18.2. The largest absolute Gasteiger partial charge is 0.380 e. The highest BCUT2D eigenvalue weighted by atomic mass is 32.2. The number of rotatable bonds is 8. The van der Waals surface area contributed by atoms with Gasteiger partial charge in [0.25, 0.3) is 22.0 Å². The molecule has 2 saturated carbocycles. The number of fused-ring (bicyclic) bond motifs is 3. The van der Waals surface area contributed by atoms with Gasteiger partial charge in [-0.3, -0.25) is 4.79 Å². The highest BCUT2D eigenvalue weighted by Gasteiger charge is 2.57. The third-order valence-electron chi connectivity index (χ3n) is 9.72. The molecule has 13 heteroatoms. The van der Waals surface area contributed by atoms with Crippen molar-refractivity contribution in [2.24, 2.45) is 17.8 Å². The number of amides is 1. The molecule has 38 heavy (non-hydrogen) atoms. The number of nitrogens with one attached hydrogen (secondary N) is 2. The summed E-state index contributed by atoms with van der Waals surface area (Å²) in [7, 11) is -3.60. The van der Waals surface area contributed by atoms with Crippen molar-refractivity contribution in [3.63, 3.8) is 0 Å². The molecule has 7 atom stereocenters. The lowest BCUT2D eigenvalue weighted by atomic mass is 9.99. The van der Waals surface area contributed by atoms with Crippen LogP contribution in [0.15, 0.2) is 10.6 Å². The Hall–Kier alpha value is -1.67. The number of hydrogen-bond acceptors (Lipinski definition) is 7. The van der Waals surface area contributed by atoms with E-state index < -0.39 is 22.0 Å². The van der Waals surface area contributed by atoms with Crippen LogP contribution in [0.4, 0.5) is 8.78 Å². The van der Waals surface area contributed by atoms with Crippen molar-refractivity contribution in [2.75, 3.05) is 32.8 Å². The average Bonchev–Trinajstić information content (AvgIpc) is 3.34. The summed E-state index contributed by atoms with van der Waals surface area (Å²) in [6, 6.07) is 1.51. The Kier molecular flexibility index (Phi) is 6.12. The Morgan fingerprint density at radius 1 is 1.08 bits per heavy atom. The zero-order chi connectivity index (χ0) is 26.2. The van der Waals surface area contributed by atoms with Gasteiger partial charge in [-0.05, 0) is 50.4 Å². The quantitative estimate of drug-likeness (QED) is 0.502. The van der Waals surface area contributed by atoms with Crippen LogP contribution in [0, 0.1) is 17.8 Å². The molecule has 5 heterocycles. The fourth-order valence-corrected chi connectivity index (χ4v) is 9.58. The van der Waals surface area contributed by atoms with E-state index in [1.165, 1.54) is 0 Å². The summed E-state index contributed by atoms with van der Waals surface area (Å²) in [5, 5.41) is 10.3. The SMILES string of the molecule is O=C(NC1C[C@H]2CC[C@@H](C1)N2S(=O)(=O)N1C[C@H]2CC(NCC3CC3(F)F)C[C@H]2C1)c1cc(C2COC2)on1. The van der Waals surface area contributed by atoms with Gasteiger partial charge in [0.05, 0.1) is 19.1 Å². The molecule has 2 bridgehead atoms. The second kappa shape index (κ2) is 9.18. The summed E-state index contributed by atoms with van der Waals surface area (Å²) < 4.78 is 67.7. The molecule has 1 aromatic heterocycles. The molecule has 7 rings (SSSR count). The smallest absolute Gasteiger partial charge is 0.282 e. The molecule has 0 spiro atoms. The number of alkyl halides is 2. The molecule has 1 amide bonds. The minimum atomic E-state index is -3.60. The topological polar surface area (TPSA) is 117 Å². The molecule has 10 nitrogen and oxygen atoms in total. The molecular weight excluding hydrogens is 520 g/mol. The number of carbonyl (C=O) groups excluding carboxylic acids is 1. The zero-order valence-electron chi connectivity index (χ0n) is 21.2. The molecule has 2 N–H and O–H groups in total. The Balaban J connectivity index is 0.928. The van der Waals surface area contributed by atoms with Crippen LogP contribution in [0.25, 0.3) is 0 Å². The first-order valence-corrected chi connectivity index (χ1v) is 15.3. The van der Waals surface area contributed by atoms with Crippen molar-refractivity contribution >= 4 is 16.1 Å². The van der Waals surface area contributed by atoms with E-state index in [0.717, 1.165) is 25.7 Å². The van der Waals surface area contributed by atoms with E-state index in [9.17, 15) is 22.0 Å². The fraction of sp³-hybridized carbons (Fsp3) is 0.840. The Morgan fingerprint density at radius 2 is 1.74 bits per heavy atom. The van der Waals surface area contributed by atoms with E-state index in [-0.39, 0.29) is 59.9 Å². The standard InChI is InChI=1S/C25H35F2N5O5S/c26-25(27)8-17(25)9-28-18-3-14-10-31(11-15(14)4-18)38(34,35)32-20-1-2-21(32)6-19(5-20)29-24(33)22-7-23(37-30-22)16-12-36-13-16/h7,14-21,28H,1-6,8-13H2,(H,29,33)/t14-,15+,17?,18?,19?,20-,21+. The molecular formula is C25H35F2N5O5S. The van der Waals surface area contributed by atoms with Crippen LogP contribution >= 0.6 is 0 Å². The number of ether oxygens (including phenoxy) is 1. The maximum absolute atomic E-state index is 13.7. The highest BCUT2D eigenvalue weighted by Crippen LogP contribution is 2.49. The van der Waals surface area contributed by atoms with Crippen LogP contribution in [0.3, 0.4) is 0 Å². The summed E-state index contributed by atoms with van der Waals surface area (Å²) in [6.07, 6.45) is 4.42. The van der Waals surface area contributed by atoms with Gasteiger partial charge in [0.15, 0.2) is 5.69 Å². The number of piperidine rings is 1. The van der Waals surface area contributed by atoms with Gasteiger partial charge < -0.3 is 19.9 Å². The summed E-state index contributed by atoms with van der Waals surface area (Å²) in [4.78, 5) is 12.8. The molecule has 6 fully saturated rings. The van der Waals surface area contributed by atoms with Gasteiger partial charge >= 0.3 is 0 Å². The van der Waals surface area contributed by atoms with E-state index in [2.05, 4.69) is 15.8 Å². The van der Waals surface area contributed by atoms with Crippen LogP contribution in [-0.4, -0.2) is 91.0 Å². The van der Waals surface area contributed by atoms with E-state index >= 15 is 0 Å². The second-order valence-corrected chi connectivity index (χ2v) is 14.1. The predicted octanol–water partition coefficient (Wildman–Crippen LogP) is 1.71. The zero-order valence-corrected chi connectivity index (χ0v) is 22.0. The van der Waals surface area contributed by atoms with Crippen LogP contribution in [0.1, 0.15) is 67.1 Å². The van der Waals surface area contributed by atoms with Crippen LogP contribution in [-0.2, 0) is 14.9 Å². The van der Waals surface area contributed by atoms with Crippen molar-refractivity contribution in [1.29, 1.82) is 0 Å². The van der Waals surface area contributed by atoms with E-state index in [4.69, 9.17) is 9.26 Å².